The maximum absolute atomic E-state index is 12.5. The van der Waals surface area contributed by atoms with E-state index in [-0.39, 0.29) is 18.0 Å². The van der Waals surface area contributed by atoms with Gasteiger partial charge in [0.15, 0.2) is 5.76 Å². The summed E-state index contributed by atoms with van der Waals surface area (Å²) in [4.78, 5) is 16.3. The van der Waals surface area contributed by atoms with Crippen molar-refractivity contribution in [2.24, 2.45) is 0 Å². The van der Waals surface area contributed by atoms with E-state index in [1.54, 1.807) is 35.6 Å². The number of furan rings is 1. The number of amides is 1. The number of hydrogen-bond acceptors (Lipinski definition) is 4. The Morgan fingerprint density at radius 2 is 1.85 bits per heavy atom. The van der Waals surface area contributed by atoms with Gasteiger partial charge in [0.2, 0.25) is 0 Å². The first-order valence-electron chi connectivity index (χ1n) is 7.05. The molecule has 4 rings (SSSR count). The Bertz CT molecular complexity index is 579. The van der Waals surface area contributed by atoms with E-state index in [1.807, 2.05) is 4.90 Å². The van der Waals surface area contributed by atoms with Gasteiger partial charge in [0, 0.05) is 12.1 Å². The Morgan fingerprint density at radius 3 is 2.45 bits per heavy atom. The molecule has 2 aliphatic heterocycles. The number of aromatic nitrogens is 3. The number of nitrogens with zero attached hydrogens (tertiary/aromatic N) is 4. The average molecular weight is 272 g/mol. The Hall–Kier alpha value is -2.11. The van der Waals surface area contributed by atoms with Crippen molar-refractivity contribution < 1.29 is 9.21 Å². The van der Waals surface area contributed by atoms with Gasteiger partial charge < -0.3 is 9.32 Å². The molecule has 2 fully saturated rings. The highest BCUT2D eigenvalue weighted by atomic mass is 16.3. The quantitative estimate of drug-likeness (QED) is 0.837. The fourth-order valence-electron chi connectivity index (χ4n) is 3.61. The topological polar surface area (TPSA) is 64.2 Å². The lowest BCUT2D eigenvalue weighted by Gasteiger charge is -2.38. The van der Waals surface area contributed by atoms with E-state index in [9.17, 15) is 4.79 Å². The van der Waals surface area contributed by atoms with Gasteiger partial charge in [0.25, 0.3) is 5.91 Å². The summed E-state index contributed by atoms with van der Waals surface area (Å²) in [5.74, 6) is 0.465. The monoisotopic (exact) mass is 272 g/mol. The lowest BCUT2D eigenvalue weighted by molar-refractivity contribution is 0.0481. The fourth-order valence-corrected chi connectivity index (χ4v) is 3.61. The summed E-state index contributed by atoms with van der Waals surface area (Å²) in [6.45, 7) is 0. The van der Waals surface area contributed by atoms with E-state index >= 15 is 0 Å². The molecule has 0 N–H and O–H groups in total. The molecule has 20 heavy (non-hydrogen) atoms. The highest BCUT2D eigenvalue weighted by Crippen LogP contribution is 2.41. The van der Waals surface area contributed by atoms with Crippen LogP contribution in [0.4, 0.5) is 0 Å². The van der Waals surface area contributed by atoms with Gasteiger partial charge in [-0.25, -0.2) is 0 Å². The number of fused-ring (bicyclic) bond motifs is 2. The van der Waals surface area contributed by atoms with Crippen LogP contribution in [0.25, 0.3) is 0 Å². The molecule has 2 saturated heterocycles. The van der Waals surface area contributed by atoms with Gasteiger partial charge in [0.1, 0.15) is 0 Å². The van der Waals surface area contributed by atoms with Gasteiger partial charge in [-0.2, -0.15) is 15.0 Å². The number of carbonyl (C=O) groups excluding carboxylic acids is 1. The SMILES string of the molecule is O=C(c1ccco1)N1[C@H]2CC[C@H]1CC(n1nccn1)C2. The molecule has 2 aliphatic rings. The zero-order valence-corrected chi connectivity index (χ0v) is 11.1. The molecule has 1 amide bonds. The Labute approximate surface area is 116 Å². The van der Waals surface area contributed by atoms with Crippen LogP contribution in [0.3, 0.4) is 0 Å². The molecule has 0 aromatic carbocycles. The molecule has 6 heteroatoms. The van der Waals surface area contributed by atoms with Crippen LogP contribution >= 0.6 is 0 Å². The average Bonchev–Trinajstić information content (AvgIpc) is 3.18. The van der Waals surface area contributed by atoms with E-state index in [4.69, 9.17) is 4.42 Å². The molecular formula is C14H16N4O2. The third kappa shape index (κ3) is 1.75. The minimum absolute atomic E-state index is 0.0226. The Morgan fingerprint density at radius 1 is 1.15 bits per heavy atom. The van der Waals surface area contributed by atoms with Gasteiger partial charge >= 0.3 is 0 Å². The van der Waals surface area contributed by atoms with Gasteiger partial charge in [-0.05, 0) is 37.8 Å². The molecular weight excluding hydrogens is 256 g/mol. The summed E-state index contributed by atoms with van der Waals surface area (Å²) < 4.78 is 5.25. The van der Waals surface area contributed by atoms with Crippen LogP contribution in [0.15, 0.2) is 35.2 Å². The molecule has 104 valence electrons. The first kappa shape index (κ1) is 11.7. The highest BCUT2D eigenvalue weighted by molar-refractivity contribution is 5.92. The molecule has 2 aromatic rings. The van der Waals surface area contributed by atoms with Crippen molar-refractivity contribution in [1.29, 1.82) is 0 Å². The van der Waals surface area contributed by atoms with Crippen molar-refractivity contribution in [2.45, 2.75) is 43.8 Å². The van der Waals surface area contributed by atoms with E-state index in [0.29, 0.717) is 11.8 Å². The Balaban J connectivity index is 1.56. The van der Waals surface area contributed by atoms with Crippen LogP contribution in [0, 0.1) is 0 Å². The normalized spacial score (nSPS) is 28.8. The summed E-state index contributed by atoms with van der Waals surface area (Å²) in [5.41, 5.74) is 0. The van der Waals surface area contributed by atoms with Crippen LogP contribution < -0.4 is 0 Å². The van der Waals surface area contributed by atoms with Crippen molar-refractivity contribution in [3.8, 4) is 0 Å². The summed E-state index contributed by atoms with van der Waals surface area (Å²) in [5, 5.41) is 8.48. The van der Waals surface area contributed by atoms with Crippen molar-refractivity contribution in [3.05, 3.63) is 36.5 Å². The summed E-state index contributed by atoms with van der Waals surface area (Å²) in [6.07, 6.45) is 8.96. The number of piperidine rings is 1. The maximum atomic E-state index is 12.5. The highest BCUT2D eigenvalue weighted by Gasteiger charge is 2.44. The van der Waals surface area contributed by atoms with E-state index in [0.717, 1.165) is 25.7 Å². The summed E-state index contributed by atoms with van der Waals surface area (Å²) >= 11 is 0. The van der Waals surface area contributed by atoms with Crippen LogP contribution in [0.2, 0.25) is 0 Å². The summed E-state index contributed by atoms with van der Waals surface area (Å²) in [6, 6.07) is 4.37. The van der Waals surface area contributed by atoms with Crippen LogP contribution in [0.1, 0.15) is 42.3 Å². The number of rotatable bonds is 2. The number of carbonyl (C=O) groups is 1. The lowest BCUT2D eigenvalue weighted by atomic mass is 9.97. The fraction of sp³-hybridized carbons (Fsp3) is 0.500. The summed E-state index contributed by atoms with van der Waals surface area (Å²) in [7, 11) is 0. The molecule has 0 saturated carbocycles. The first-order valence-corrected chi connectivity index (χ1v) is 7.05. The third-order valence-electron chi connectivity index (χ3n) is 4.44. The van der Waals surface area contributed by atoms with Gasteiger partial charge in [0.05, 0.1) is 24.7 Å². The van der Waals surface area contributed by atoms with E-state index < -0.39 is 0 Å². The molecule has 0 unspecified atom stereocenters. The minimum atomic E-state index is 0.0226. The zero-order chi connectivity index (χ0) is 13.5. The molecule has 0 aliphatic carbocycles. The minimum Gasteiger partial charge on any atom is -0.459 e. The molecule has 2 aromatic heterocycles. The number of hydrogen-bond donors (Lipinski definition) is 0. The van der Waals surface area contributed by atoms with Gasteiger partial charge in [-0.1, -0.05) is 0 Å². The van der Waals surface area contributed by atoms with Crippen LogP contribution in [0.5, 0.6) is 0 Å². The second-order valence-electron chi connectivity index (χ2n) is 5.55. The van der Waals surface area contributed by atoms with Crippen molar-refractivity contribution in [3.63, 3.8) is 0 Å². The predicted octanol–water partition coefficient (Wildman–Crippen LogP) is 1.88. The van der Waals surface area contributed by atoms with Crippen LogP contribution in [-0.2, 0) is 0 Å². The molecule has 2 bridgehead atoms. The predicted molar refractivity (Wildman–Crippen MR) is 70.0 cm³/mol. The second kappa shape index (κ2) is 4.47. The van der Waals surface area contributed by atoms with Crippen molar-refractivity contribution in [2.75, 3.05) is 0 Å². The molecule has 6 nitrogen and oxygen atoms in total. The van der Waals surface area contributed by atoms with Crippen molar-refractivity contribution in [1.82, 2.24) is 19.9 Å². The van der Waals surface area contributed by atoms with Crippen molar-refractivity contribution >= 4 is 5.91 Å². The largest absolute Gasteiger partial charge is 0.459 e. The lowest BCUT2D eigenvalue weighted by Crippen LogP contribution is -2.47. The zero-order valence-electron chi connectivity index (χ0n) is 11.1. The second-order valence-corrected chi connectivity index (χ2v) is 5.55. The molecule has 4 heterocycles. The first-order chi connectivity index (χ1) is 9.83. The molecule has 2 atom stereocenters. The smallest absolute Gasteiger partial charge is 0.290 e. The molecule has 0 spiro atoms. The third-order valence-corrected chi connectivity index (χ3v) is 4.44. The van der Waals surface area contributed by atoms with Gasteiger partial charge in [-0.3, -0.25) is 4.79 Å². The van der Waals surface area contributed by atoms with E-state index in [1.165, 1.54) is 0 Å². The molecule has 0 radical (unpaired) electrons. The van der Waals surface area contributed by atoms with Gasteiger partial charge in [-0.15, -0.1) is 0 Å². The standard InChI is InChI=1S/C14H16N4O2/c19-14(13-2-1-7-20-13)17-10-3-4-11(17)9-12(8-10)18-15-5-6-16-18/h1-2,5-7,10-12H,3-4,8-9H2/t10-,11-/m0/s1. The van der Waals surface area contributed by atoms with Crippen LogP contribution in [-0.4, -0.2) is 37.9 Å². The Kier molecular flexibility index (Phi) is 2.61. The maximum Gasteiger partial charge on any atom is 0.290 e. The van der Waals surface area contributed by atoms with E-state index in [2.05, 4.69) is 10.2 Å².